The SMILES string of the molecule is CCCCCCc1csc2cc(-c3ccc(C4=C5C(=O)N(CCCCCC)C(c6ccc(-c7cc8scc(CCCCCC)c8s7)s6)=C5C(=O)N4CCCCCC)s3)sc12. The van der Waals surface area contributed by atoms with E-state index in [9.17, 15) is 9.59 Å². The first-order chi connectivity index (χ1) is 29.4. The molecule has 318 valence electrons. The second kappa shape index (κ2) is 20.5. The molecule has 0 radical (unpaired) electrons. The summed E-state index contributed by atoms with van der Waals surface area (Å²) in [4.78, 5) is 41.0. The average molecular weight is 913 g/mol. The molecule has 8 heterocycles. The Morgan fingerprint density at radius 2 is 0.817 bits per heavy atom. The number of hydrogen-bond acceptors (Lipinski definition) is 8. The summed E-state index contributed by atoms with van der Waals surface area (Å²) in [6.07, 6.45) is 21.0. The van der Waals surface area contributed by atoms with Crippen molar-refractivity contribution in [3.63, 3.8) is 0 Å². The Labute approximate surface area is 381 Å². The van der Waals surface area contributed by atoms with Crippen molar-refractivity contribution >= 4 is 110 Å². The van der Waals surface area contributed by atoms with Gasteiger partial charge in [0.1, 0.15) is 0 Å². The number of aryl methyl sites for hydroxylation is 2. The number of thiophene rings is 6. The van der Waals surface area contributed by atoms with Crippen LogP contribution in [0, 0.1) is 0 Å². The maximum absolute atomic E-state index is 15.0. The van der Waals surface area contributed by atoms with Gasteiger partial charge in [-0.15, -0.1) is 68.0 Å². The zero-order valence-electron chi connectivity index (χ0n) is 35.9. The molecular formula is C50H60N2O2S6. The van der Waals surface area contributed by atoms with Crippen molar-refractivity contribution in [2.24, 2.45) is 0 Å². The van der Waals surface area contributed by atoms with Gasteiger partial charge in [0.15, 0.2) is 0 Å². The lowest BCUT2D eigenvalue weighted by Crippen LogP contribution is -2.30. The van der Waals surface area contributed by atoms with Gasteiger partial charge in [0.2, 0.25) is 0 Å². The molecular weight excluding hydrogens is 853 g/mol. The fourth-order valence-corrected chi connectivity index (χ4v) is 15.9. The van der Waals surface area contributed by atoms with Gasteiger partial charge in [-0.1, -0.05) is 105 Å². The van der Waals surface area contributed by atoms with Crippen LogP contribution in [0.15, 0.2) is 58.3 Å². The van der Waals surface area contributed by atoms with Crippen molar-refractivity contribution in [3.05, 3.63) is 79.2 Å². The Hall–Kier alpha value is -2.86. The molecule has 0 saturated carbocycles. The number of fused-ring (bicyclic) bond motifs is 3. The standard InChI is InChI=1S/C50H60N2O2S6/c1-5-9-13-17-21-33-31-55-41-29-39(59-47(33)41)35-23-25-37(57-35)45-43-44(50(54)51(45)27-19-15-11-7-3)46(52(49(43)53)28-20-16-12-8-4)38-26-24-36(58-38)40-30-42-48(60-40)34(32-56-42)22-18-14-10-6-2/h23-26,29-32H,5-22,27-28H2,1-4H3. The lowest BCUT2D eigenvalue weighted by molar-refractivity contribution is -0.124. The molecule has 6 aromatic rings. The number of rotatable bonds is 24. The molecule has 10 heteroatoms. The number of unbranched alkanes of at least 4 members (excludes halogenated alkanes) is 12. The molecule has 0 atom stereocenters. The first-order valence-electron chi connectivity index (χ1n) is 22.8. The van der Waals surface area contributed by atoms with Crippen LogP contribution in [-0.2, 0) is 22.4 Å². The molecule has 0 aromatic carbocycles. The van der Waals surface area contributed by atoms with E-state index in [1.807, 2.05) is 55.1 Å². The maximum Gasteiger partial charge on any atom is 0.261 e. The third-order valence-electron chi connectivity index (χ3n) is 12.1. The van der Waals surface area contributed by atoms with E-state index in [2.05, 4.69) is 74.9 Å². The second-order valence-electron chi connectivity index (χ2n) is 16.6. The van der Waals surface area contributed by atoms with Crippen molar-refractivity contribution in [2.75, 3.05) is 13.1 Å². The van der Waals surface area contributed by atoms with Gasteiger partial charge in [-0.25, -0.2) is 0 Å². The number of carbonyl (C=O) groups is 2. The fourth-order valence-electron chi connectivity index (χ4n) is 8.74. The summed E-state index contributed by atoms with van der Waals surface area (Å²) in [5.41, 5.74) is 5.88. The predicted molar refractivity (Wildman–Crippen MR) is 267 cm³/mol. The zero-order chi connectivity index (χ0) is 41.6. The first kappa shape index (κ1) is 43.8. The Bertz CT molecular complexity index is 2310. The smallest absolute Gasteiger partial charge is 0.261 e. The number of carbonyl (C=O) groups excluding carboxylic acids is 2. The Kier molecular flexibility index (Phi) is 15.0. The Morgan fingerprint density at radius 3 is 1.22 bits per heavy atom. The molecule has 0 N–H and O–H groups in total. The number of hydrogen-bond donors (Lipinski definition) is 0. The Morgan fingerprint density at radius 1 is 0.433 bits per heavy atom. The van der Waals surface area contributed by atoms with Gasteiger partial charge >= 0.3 is 0 Å². The van der Waals surface area contributed by atoms with Crippen LogP contribution in [-0.4, -0.2) is 34.7 Å². The van der Waals surface area contributed by atoms with E-state index < -0.39 is 0 Å². The predicted octanol–water partition coefficient (Wildman–Crippen LogP) is 16.9. The van der Waals surface area contributed by atoms with E-state index in [1.54, 1.807) is 22.7 Å². The van der Waals surface area contributed by atoms with E-state index in [-0.39, 0.29) is 11.8 Å². The van der Waals surface area contributed by atoms with Crippen molar-refractivity contribution in [1.29, 1.82) is 0 Å². The lowest BCUT2D eigenvalue weighted by Gasteiger charge is -2.24. The van der Waals surface area contributed by atoms with Gasteiger partial charge < -0.3 is 9.80 Å². The van der Waals surface area contributed by atoms with Gasteiger partial charge in [0.25, 0.3) is 11.8 Å². The summed E-state index contributed by atoms with van der Waals surface area (Å²) >= 11 is 11.0. The van der Waals surface area contributed by atoms with E-state index in [4.69, 9.17) is 0 Å². The summed E-state index contributed by atoms with van der Waals surface area (Å²) in [6, 6.07) is 13.5. The van der Waals surface area contributed by atoms with Crippen LogP contribution in [0.1, 0.15) is 151 Å². The van der Waals surface area contributed by atoms with Gasteiger partial charge in [-0.2, -0.15) is 0 Å². The average Bonchev–Trinajstić information content (AvgIpc) is 4.11. The monoisotopic (exact) mass is 912 g/mol. The largest absolute Gasteiger partial charge is 0.306 e. The highest BCUT2D eigenvalue weighted by Crippen LogP contribution is 2.52. The quantitative estimate of drug-likeness (QED) is 0.0568. The molecule has 8 rings (SSSR count). The molecule has 2 aliphatic heterocycles. The van der Waals surface area contributed by atoms with Crippen LogP contribution in [0.4, 0.5) is 0 Å². The van der Waals surface area contributed by atoms with Crippen LogP contribution < -0.4 is 0 Å². The fraction of sp³-hybridized carbons (Fsp3) is 0.480. The Balaban J connectivity index is 1.16. The first-order valence-corrected chi connectivity index (χ1v) is 27.8. The highest BCUT2D eigenvalue weighted by molar-refractivity contribution is 7.31. The molecule has 2 aliphatic rings. The van der Waals surface area contributed by atoms with Gasteiger partial charge in [-0.05, 0) is 96.8 Å². The summed E-state index contributed by atoms with van der Waals surface area (Å²) in [6.45, 7) is 10.3. The molecule has 0 spiro atoms. The van der Waals surface area contributed by atoms with E-state index >= 15 is 0 Å². The highest BCUT2D eigenvalue weighted by Gasteiger charge is 2.49. The van der Waals surface area contributed by atoms with E-state index in [0.29, 0.717) is 24.2 Å². The van der Waals surface area contributed by atoms with Crippen molar-refractivity contribution in [1.82, 2.24) is 9.80 Å². The van der Waals surface area contributed by atoms with Gasteiger partial charge in [0, 0.05) is 51.4 Å². The van der Waals surface area contributed by atoms with Crippen LogP contribution in [0.2, 0.25) is 0 Å². The van der Waals surface area contributed by atoms with Gasteiger partial charge in [-0.3, -0.25) is 9.59 Å². The van der Waals surface area contributed by atoms with Crippen molar-refractivity contribution in [3.8, 4) is 19.5 Å². The molecule has 6 aromatic heterocycles. The highest BCUT2D eigenvalue weighted by atomic mass is 32.1. The summed E-state index contributed by atoms with van der Waals surface area (Å²) < 4.78 is 5.59. The minimum absolute atomic E-state index is 0.00508. The molecule has 60 heavy (non-hydrogen) atoms. The summed E-state index contributed by atoms with van der Waals surface area (Å²) in [5, 5.41) is 4.72. The van der Waals surface area contributed by atoms with Crippen LogP contribution in [0.25, 0.3) is 49.7 Å². The topological polar surface area (TPSA) is 40.6 Å². The second-order valence-corrected chi connectivity index (χ2v) is 22.7. The third-order valence-corrected chi connectivity index (χ3v) is 19.3. The van der Waals surface area contributed by atoms with Crippen molar-refractivity contribution in [2.45, 2.75) is 143 Å². The number of nitrogens with zero attached hydrogens (tertiary/aromatic N) is 2. The molecule has 0 bridgehead atoms. The zero-order valence-corrected chi connectivity index (χ0v) is 40.8. The van der Waals surface area contributed by atoms with Gasteiger partial charge in [0.05, 0.1) is 32.3 Å². The normalized spacial score (nSPS) is 14.5. The van der Waals surface area contributed by atoms with Crippen molar-refractivity contribution < 1.29 is 9.59 Å². The lowest BCUT2D eigenvalue weighted by atomic mass is 10.1. The van der Waals surface area contributed by atoms with Crippen LogP contribution in [0.5, 0.6) is 0 Å². The van der Waals surface area contributed by atoms with Crippen LogP contribution >= 0.6 is 68.0 Å². The molecule has 0 unspecified atom stereocenters. The molecule has 0 saturated heterocycles. The molecule has 4 nitrogen and oxygen atoms in total. The summed E-state index contributed by atoms with van der Waals surface area (Å²) in [7, 11) is 0. The summed E-state index contributed by atoms with van der Waals surface area (Å²) in [5.74, 6) is -0.0102. The van der Waals surface area contributed by atoms with E-state index in [1.165, 1.54) is 101 Å². The maximum atomic E-state index is 15.0. The third kappa shape index (κ3) is 9.12. The van der Waals surface area contributed by atoms with Crippen LogP contribution in [0.3, 0.4) is 0 Å². The van der Waals surface area contributed by atoms with E-state index in [0.717, 1.165) is 85.4 Å². The minimum atomic E-state index is -0.00508. The molecule has 0 fully saturated rings. The molecule has 2 amide bonds. The molecule has 0 aliphatic carbocycles. The minimum Gasteiger partial charge on any atom is -0.306 e. The number of amides is 2.